The summed E-state index contributed by atoms with van der Waals surface area (Å²) < 4.78 is 2.94. The zero-order valence-electron chi connectivity index (χ0n) is 8.23. The van der Waals surface area contributed by atoms with Crippen LogP contribution in [-0.4, -0.2) is 15.0 Å². The Morgan fingerprint density at radius 3 is 3.13 bits per heavy atom. The maximum absolute atomic E-state index is 3.40. The average Bonchev–Trinajstić information content (AvgIpc) is 2.48. The molecule has 1 nitrogen and oxygen atoms in total. The summed E-state index contributed by atoms with van der Waals surface area (Å²) in [6.45, 7) is 0. The van der Waals surface area contributed by atoms with Crippen LogP contribution in [0.1, 0.15) is 6.42 Å². The van der Waals surface area contributed by atoms with Gasteiger partial charge in [0.2, 0.25) is 0 Å². The van der Waals surface area contributed by atoms with E-state index in [-0.39, 0.29) is 0 Å². The molecule has 0 saturated carbocycles. The molecular weight excluding hydrogens is 249 g/mol. The quantitative estimate of drug-likeness (QED) is 0.705. The minimum absolute atomic E-state index is 0.441. The number of benzene rings is 1. The van der Waals surface area contributed by atoms with Crippen molar-refractivity contribution in [3.8, 4) is 0 Å². The van der Waals surface area contributed by atoms with E-state index in [0.29, 0.717) is 15.0 Å². The van der Waals surface area contributed by atoms with Crippen molar-refractivity contribution in [1.29, 1.82) is 0 Å². The van der Waals surface area contributed by atoms with Gasteiger partial charge in [0.25, 0.3) is 0 Å². The van der Waals surface area contributed by atoms with Crippen molar-refractivity contribution < 1.29 is 0 Å². The van der Waals surface area contributed by atoms with Crippen LogP contribution in [0.2, 0.25) is 0 Å². The van der Waals surface area contributed by atoms with Gasteiger partial charge >= 0.3 is 95.6 Å². The molecule has 0 fully saturated rings. The van der Waals surface area contributed by atoms with E-state index in [1.807, 2.05) is 0 Å². The summed E-state index contributed by atoms with van der Waals surface area (Å²) in [5.74, 6) is 0. The monoisotopic (exact) mass is 261 g/mol. The fraction of sp³-hybridized carbons (Fsp3) is 0.0769. The Balaban J connectivity index is 2.07. The van der Waals surface area contributed by atoms with Crippen LogP contribution in [-0.2, 0) is 0 Å². The predicted octanol–water partition coefficient (Wildman–Crippen LogP) is 2.17. The molecule has 0 unspecified atom stereocenters. The molecule has 0 bridgehead atoms. The minimum atomic E-state index is 0.441. The van der Waals surface area contributed by atoms with Gasteiger partial charge in [0.1, 0.15) is 0 Å². The Hall–Kier alpha value is -1.24. The number of hydrogen-bond donors (Lipinski definition) is 1. The fourth-order valence-electron chi connectivity index (χ4n) is 1.75. The predicted molar refractivity (Wildman–Crippen MR) is 65.4 cm³/mol. The number of rotatable bonds is 0. The number of anilines is 1. The summed E-state index contributed by atoms with van der Waals surface area (Å²) in [5, 5.41) is 3.40. The van der Waals surface area contributed by atoms with Crippen LogP contribution in [0, 0.1) is 0 Å². The zero-order chi connectivity index (χ0) is 10.1. The first-order chi connectivity index (χ1) is 7.43. The van der Waals surface area contributed by atoms with Crippen molar-refractivity contribution in [2.24, 2.45) is 0 Å². The van der Waals surface area contributed by atoms with Crippen LogP contribution >= 0.6 is 0 Å². The van der Waals surface area contributed by atoms with Crippen molar-refractivity contribution in [3.05, 3.63) is 58.7 Å². The zero-order valence-corrected chi connectivity index (χ0v) is 9.95. The second kappa shape index (κ2) is 3.73. The molecule has 1 aromatic carbocycles. The topological polar surface area (TPSA) is 12.0 Å². The van der Waals surface area contributed by atoms with E-state index in [9.17, 15) is 0 Å². The van der Waals surface area contributed by atoms with Gasteiger partial charge in [-0.05, 0) is 0 Å². The summed E-state index contributed by atoms with van der Waals surface area (Å²) in [6.07, 6.45) is 9.85. The number of fused-ring (bicyclic) bond motifs is 2. The molecule has 0 aromatic heterocycles. The van der Waals surface area contributed by atoms with Gasteiger partial charge < -0.3 is 0 Å². The summed E-state index contributed by atoms with van der Waals surface area (Å²) >= 11 is 0.441. The molecule has 0 radical (unpaired) electrons. The van der Waals surface area contributed by atoms with Crippen LogP contribution in [0.5, 0.6) is 0 Å². The van der Waals surface area contributed by atoms with Gasteiger partial charge in [-0.25, -0.2) is 0 Å². The third-order valence-corrected chi connectivity index (χ3v) is 5.05. The summed E-state index contributed by atoms with van der Waals surface area (Å²) in [4.78, 5) is 0. The van der Waals surface area contributed by atoms with Crippen molar-refractivity contribution in [3.63, 3.8) is 0 Å². The summed E-state index contributed by atoms with van der Waals surface area (Å²) in [6, 6.07) is 8.58. The molecule has 74 valence electrons. The molecule has 1 N–H and O–H groups in total. The molecule has 0 amide bonds. The van der Waals surface area contributed by atoms with Gasteiger partial charge in [0.05, 0.1) is 0 Å². The maximum atomic E-state index is 3.40. The Bertz CT molecular complexity index is 483. The number of nitrogens with one attached hydrogen (secondary N) is 1. The van der Waals surface area contributed by atoms with Crippen molar-refractivity contribution >= 4 is 25.1 Å². The van der Waals surface area contributed by atoms with E-state index >= 15 is 0 Å². The average molecular weight is 260 g/mol. The van der Waals surface area contributed by atoms with Crippen LogP contribution in [0.25, 0.3) is 0 Å². The first kappa shape index (κ1) is 9.02. The van der Waals surface area contributed by atoms with E-state index < -0.39 is 0 Å². The normalized spacial score (nSPS) is 17.9. The first-order valence-corrected chi connectivity index (χ1v) is 6.74. The summed E-state index contributed by atoms with van der Waals surface area (Å²) in [7, 11) is 0. The molecule has 0 atom stereocenters. The van der Waals surface area contributed by atoms with Crippen LogP contribution in [0.3, 0.4) is 0 Å². The van der Waals surface area contributed by atoms with Gasteiger partial charge in [-0.1, -0.05) is 0 Å². The molecule has 1 heterocycles. The van der Waals surface area contributed by atoms with Crippen LogP contribution in [0.4, 0.5) is 5.69 Å². The molecule has 1 aromatic rings. The third-order valence-electron chi connectivity index (χ3n) is 2.55. The molecule has 0 saturated heterocycles. The van der Waals surface area contributed by atoms with E-state index in [2.05, 4.69) is 54.0 Å². The van der Waals surface area contributed by atoms with Crippen molar-refractivity contribution in [2.75, 3.05) is 5.32 Å². The molecule has 3 rings (SSSR count). The molecule has 15 heavy (non-hydrogen) atoms. The van der Waals surface area contributed by atoms with E-state index in [1.165, 1.54) is 20.2 Å². The Morgan fingerprint density at radius 2 is 2.13 bits per heavy atom. The van der Waals surface area contributed by atoms with Gasteiger partial charge in [0, 0.05) is 0 Å². The van der Waals surface area contributed by atoms with Gasteiger partial charge in [-0.15, -0.1) is 0 Å². The number of hydrogen-bond acceptors (Lipinski definition) is 1. The standard InChI is InChI=1S/C13H11NSe/c1-3-7-12-10(5-1)9-14-11-6-2-4-8-13(11)15-12/h1-4,6-9,14H,5H2. The van der Waals surface area contributed by atoms with Crippen molar-refractivity contribution in [1.82, 2.24) is 0 Å². The molecule has 1 aliphatic carbocycles. The molecule has 1 aliphatic heterocycles. The fourth-order valence-corrected chi connectivity index (χ4v) is 3.93. The van der Waals surface area contributed by atoms with Gasteiger partial charge in [-0.3, -0.25) is 0 Å². The third kappa shape index (κ3) is 1.67. The van der Waals surface area contributed by atoms with Crippen LogP contribution in [0.15, 0.2) is 58.7 Å². The second-order valence-electron chi connectivity index (χ2n) is 3.58. The first-order valence-electron chi connectivity index (χ1n) is 5.03. The van der Waals surface area contributed by atoms with Crippen molar-refractivity contribution in [2.45, 2.75) is 6.42 Å². The van der Waals surface area contributed by atoms with E-state index in [0.717, 1.165) is 6.42 Å². The second-order valence-corrected chi connectivity index (χ2v) is 5.85. The Kier molecular flexibility index (Phi) is 2.24. The molecule has 2 heteroatoms. The van der Waals surface area contributed by atoms with Gasteiger partial charge in [-0.2, -0.15) is 0 Å². The SMILES string of the molecule is C1=CCC2=CNc3ccccc3[Se]C2=C1. The Labute approximate surface area is 95.7 Å². The van der Waals surface area contributed by atoms with Gasteiger partial charge in [0.15, 0.2) is 0 Å². The number of para-hydroxylation sites is 1. The summed E-state index contributed by atoms with van der Waals surface area (Å²) in [5.41, 5.74) is 2.70. The number of allylic oxidation sites excluding steroid dienone is 5. The van der Waals surface area contributed by atoms with E-state index in [1.54, 1.807) is 0 Å². The Morgan fingerprint density at radius 1 is 1.20 bits per heavy atom. The molecule has 0 spiro atoms. The molecule has 2 aliphatic rings. The van der Waals surface area contributed by atoms with Crippen LogP contribution < -0.4 is 9.78 Å². The van der Waals surface area contributed by atoms with E-state index in [4.69, 9.17) is 0 Å². The molecular formula is C13H11NSe.